The number of anilines is 1. The maximum Gasteiger partial charge on any atom is 0.182 e. The zero-order chi connectivity index (χ0) is 12.9. The average molecular weight is 261 g/mol. The van der Waals surface area contributed by atoms with E-state index in [0.29, 0.717) is 18.4 Å². The fourth-order valence-corrected chi connectivity index (χ4v) is 2.53. The summed E-state index contributed by atoms with van der Waals surface area (Å²) in [6.07, 6.45) is 9.98. The Morgan fingerprint density at radius 1 is 1.21 bits per heavy atom. The molecule has 0 unspecified atom stereocenters. The first-order chi connectivity index (χ1) is 9.43. The molecule has 1 aliphatic rings. The molecule has 3 rings (SSSR count). The quantitative estimate of drug-likeness (QED) is 0.806. The molecule has 2 heterocycles. The first-order valence-electron chi connectivity index (χ1n) is 6.93. The summed E-state index contributed by atoms with van der Waals surface area (Å²) < 4.78 is 5.87. The van der Waals surface area contributed by atoms with E-state index in [1.165, 1.54) is 38.4 Å². The van der Waals surface area contributed by atoms with E-state index in [4.69, 9.17) is 4.74 Å². The molecule has 102 valence electrons. The van der Waals surface area contributed by atoms with E-state index in [1.54, 1.807) is 6.33 Å². The molecule has 1 aliphatic carbocycles. The van der Waals surface area contributed by atoms with Crippen LogP contribution in [0.5, 0.6) is 0 Å². The van der Waals surface area contributed by atoms with Crippen molar-refractivity contribution in [3.8, 4) is 0 Å². The van der Waals surface area contributed by atoms with Crippen LogP contribution in [0.25, 0.3) is 11.2 Å². The number of aromatic amines is 1. The standard InChI is InChI=1S/C13H19N5O/c1-2-4-10(5-3-1)19-7-6-14-12-11-13(16-8-15-11)18-9-17-12/h8-10H,1-7H2,(H2,14,15,16,17,18). The lowest BCUT2D eigenvalue weighted by Gasteiger charge is -2.22. The SMILES string of the molecule is c1nc(NCCOC2CCCCC2)c2[nH]cnc2n1. The topological polar surface area (TPSA) is 75.7 Å². The number of H-pyrrole nitrogens is 1. The Hall–Kier alpha value is -1.69. The van der Waals surface area contributed by atoms with Crippen LogP contribution in [0.4, 0.5) is 5.82 Å². The molecule has 1 fully saturated rings. The first-order valence-corrected chi connectivity index (χ1v) is 6.93. The Kier molecular flexibility index (Phi) is 3.88. The molecule has 2 N–H and O–H groups in total. The van der Waals surface area contributed by atoms with Crippen LogP contribution in [-0.4, -0.2) is 39.2 Å². The molecule has 0 aromatic carbocycles. The van der Waals surface area contributed by atoms with Gasteiger partial charge in [-0.3, -0.25) is 0 Å². The summed E-state index contributed by atoms with van der Waals surface area (Å²) in [7, 11) is 0. The molecule has 0 atom stereocenters. The predicted octanol–water partition coefficient (Wildman–Crippen LogP) is 2.11. The average Bonchev–Trinajstić information content (AvgIpc) is 2.94. The van der Waals surface area contributed by atoms with Crippen LogP contribution >= 0.6 is 0 Å². The van der Waals surface area contributed by atoms with Gasteiger partial charge in [0.05, 0.1) is 19.0 Å². The van der Waals surface area contributed by atoms with Crippen molar-refractivity contribution in [3.05, 3.63) is 12.7 Å². The second kappa shape index (κ2) is 5.97. The van der Waals surface area contributed by atoms with Gasteiger partial charge in [0.15, 0.2) is 11.5 Å². The van der Waals surface area contributed by atoms with Gasteiger partial charge in [-0.15, -0.1) is 0 Å². The second-order valence-corrected chi connectivity index (χ2v) is 4.88. The van der Waals surface area contributed by atoms with Crippen LogP contribution in [0.2, 0.25) is 0 Å². The molecule has 0 amide bonds. The molecule has 1 saturated carbocycles. The van der Waals surface area contributed by atoms with Crippen LogP contribution in [0.15, 0.2) is 12.7 Å². The molecule has 2 aromatic rings. The van der Waals surface area contributed by atoms with Gasteiger partial charge >= 0.3 is 0 Å². The Morgan fingerprint density at radius 2 is 2.11 bits per heavy atom. The van der Waals surface area contributed by atoms with Crippen LogP contribution in [0, 0.1) is 0 Å². The number of nitrogens with one attached hydrogen (secondary N) is 2. The third-order valence-electron chi connectivity index (χ3n) is 3.52. The zero-order valence-corrected chi connectivity index (χ0v) is 10.9. The van der Waals surface area contributed by atoms with Gasteiger partial charge in [0.25, 0.3) is 0 Å². The summed E-state index contributed by atoms with van der Waals surface area (Å²) >= 11 is 0. The molecule has 0 saturated heterocycles. The largest absolute Gasteiger partial charge is 0.376 e. The number of hydrogen-bond acceptors (Lipinski definition) is 5. The summed E-state index contributed by atoms with van der Waals surface area (Å²) in [6.45, 7) is 1.46. The van der Waals surface area contributed by atoms with Gasteiger partial charge in [-0.1, -0.05) is 19.3 Å². The molecule has 6 heteroatoms. The van der Waals surface area contributed by atoms with Crippen LogP contribution < -0.4 is 5.32 Å². The number of nitrogens with zero attached hydrogens (tertiary/aromatic N) is 3. The first kappa shape index (κ1) is 12.3. The van der Waals surface area contributed by atoms with Gasteiger partial charge in [0.2, 0.25) is 0 Å². The van der Waals surface area contributed by atoms with E-state index in [2.05, 4.69) is 25.3 Å². The minimum atomic E-state index is 0.452. The summed E-state index contributed by atoms with van der Waals surface area (Å²) in [5.41, 5.74) is 1.53. The van der Waals surface area contributed by atoms with Gasteiger partial charge in [-0.25, -0.2) is 15.0 Å². The number of hydrogen-bond donors (Lipinski definition) is 2. The summed E-state index contributed by atoms with van der Waals surface area (Å²) in [4.78, 5) is 15.4. The summed E-state index contributed by atoms with van der Waals surface area (Å²) in [5.74, 6) is 0.787. The molecular weight excluding hydrogens is 242 g/mol. The Bertz CT molecular complexity index is 520. The van der Waals surface area contributed by atoms with Gasteiger partial charge in [0, 0.05) is 6.54 Å². The predicted molar refractivity (Wildman–Crippen MR) is 73.0 cm³/mol. The van der Waals surface area contributed by atoms with Gasteiger partial charge in [0.1, 0.15) is 11.8 Å². The summed E-state index contributed by atoms with van der Waals surface area (Å²) in [5, 5.41) is 3.27. The number of rotatable bonds is 5. The maximum atomic E-state index is 5.87. The number of ether oxygens (including phenoxy) is 1. The monoisotopic (exact) mass is 261 g/mol. The maximum absolute atomic E-state index is 5.87. The molecule has 0 aliphatic heterocycles. The fourth-order valence-electron chi connectivity index (χ4n) is 2.53. The summed E-state index contributed by atoms with van der Waals surface area (Å²) in [6, 6.07) is 0. The molecule has 0 bridgehead atoms. The normalized spacial score (nSPS) is 16.8. The minimum absolute atomic E-state index is 0.452. The number of aromatic nitrogens is 4. The molecular formula is C13H19N5O. The second-order valence-electron chi connectivity index (χ2n) is 4.88. The highest BCUT2D eigenvalue weighted by molar-refractivity contribution is 5.81. The zero-order valence-electron chi connectivity index (χ0n) is 10.9. The van der Waals surface area contributed by atoms with Crippen molar-refractivity contribution in [1.82, 2.24) is 19.9 Å². The van der Waals surface area contributed by atoms with Crippen molar-refractivity contribution >= 4 is 17.0 Å². The Labute approximate surface area is 112 Å². The Balaban J connectivity index is 1.48. The van der Waals surface area contributed by atoms with Crippen molar-refractivity contribution in [2.24, 2.45) is 0 Å². The lowest BCUT2D eigenvalue weighted by Crippen LogP contribution is -2.20. The van der Waals surface area contributed by atoms with Crippen LogP contribution in [0.3, 0.4) is 0 Å². The van der Waals surface area contributed by atoms with Gasteiger partial charge in [-0.2, -0.15) is 0 Å². The van der Waals surface area contributed by atoms with E-state index in [-0.39, 0.29) is 0 Å². The van der Waals surface area contributed by atoms with Crippen molar-refractivity contribution in [2.45, 2.75) is 38.2 Å². The highest BCUT2D eigenvalue weighted by atomic mass is 16.5. The molecule has 0 radical (unpaired) electrons. The van der Waals surface area contributed by atoms with E-state index in [0.717, 1.165) is 17.9 Å². The van der Waals surface area contributed by atoms with Crippen molar-refractivity contribution < 1.29 is 4.74 Å². The van der Waals surface area contributed by atoms with E-state index < -0.39 is 0 Å². The van der Waals surface area contributed by atoms with Crippen LogP contribution in [-0.2, 0) is 4.74 Å². The van der Waals surface area contributed by atoms with Crippen molar-refractivity contribution in [2.75, 3.05) is 18.5 Å². The van der Waals surface area contributed by atoms with E-state index >= 15 is 0 Å². The number of fused-ring (bicyclic) bond motifs is 1. The number of imidazole rings is 1. The fraction of sp³-hybridized carbons (Fsp3) is 0.615. The molecule has 19 heavy (non-hydrogen) atoms. The van der Waals surface area contributed by atoms with E-state index in [9.17, 15) is 0 Å². The highest BCUT2D eigenvalue weighted by Gasteiger charge is 2.13. The molecule has 2 aromatic heterocycles. The molecule has 6 nitrogen and oxygen atoms in total. The highest BCUT2D eigenvalue weighted by Crippen LogP contribution is 2.20. The third-order valence-corrected chi connectivity index (χ3v) is 3.52. The lowest BCUT2D eigenvalue weighted by atomic mass is 9.98. The minimum Gasteiger partial charge on any atom is -0.376 e. The van der Waals surface area contributed by atoms with Gasteiger partial charge in [-0.05, 0) is 12.8 Å². The van der Waals surface area contributed by atoms with Gasteiger partial charge < -0.3 is 15.0 Å². The van der Waals surface area contributed by atoms with Crippen LogP contribution in [0.1, 0.15) is 32.1 Å². The van der Waals surface area contributed by atoms with E-state index in [1.807, 2.05) is 0 Å². The molecule has 0 spiro atoms. The smallest absolute Gasteiger partial charge is 0.182 e. The van der Waals surface area contributed by atoms with Crippen molar-refractivity contribution in [1.29, 1.82) is 0 Å². The Morgan fingerprint density at radius 3 is 3.00 bits per heavy atom. The third kappa shape index (κ3) is 3.01. The lowest BCUT2D eigenvalue weighted by molar-refractivity contribution is 0.0347. The van der Waals surface area contributed by atoms with Crippen molar-refractivity contribution in [3.63, 3.8) is 0 Å².